The minimum atomic E-state index is -0.236. The van der Waals surface area contributed by atoms with E-state index in [1.54, 1.807) is 48.8 Å². The number of fused-ring (bicyclic) bond motifs is 1. The Bertz CT molecular complexity index is 1010. The molecule has 2 amide bonds. The molecule has 154 valence electrons. The Morgan fingerprint density at radius 2 is 2.00 bits per heavy atom. The van der Waals surface area contributed by atoms with E-state index in [9.17, 15) is 9.59 Å². The van der Waals surface area contributed by atoms with Crippen molar-refractivity contribution in [1.29, 1.82) is 0 Å². The molecule has 7 nitrogen and oxygen atoms in total. The molecule has 1 aliphatic heterocycles. The van der Waals surface area contributed by atoms with Crippen molar-refractivity contribution in [3.05, 3.63) is 59.9 Å². The van der Waals surface area contributed by atoms with Crippen molar-refractivity contribution in [3.63, 3.8) is 0 Å². The molecule has 1 aromatic heterocycles. The van der Waals surface area contributed by atoms with Crippen LogP contribution in [-0.2, 0) is 0 Å². The number of rotatable bonds is 4. The van der Waals surface area contributed by atoms with Crippen molar-refractivity contribution in [2.24, 2.45) is 11.7 Å². The Hall–Kier alpha value is -2.61. The van der Waals surface area contributed by atoms with Gasteiger partial charge in [0.05, 0.1) is 17.4 Å². The van der Waals surface area contributed by atoms with Gasteiger partial charge in [-0.1, -0.05) is 6.07 Å². The molecule has 1 fully saturated rings. The number of H-pyrrole nitrogens is 1. The first-order valence-electron chi connectivity index (χ1n) is 8.98. The molecule has 0 saturated carbocycles. The fourth-order valence-electron chi connectivity index (χ4n) is 3.40. The summed E-state index contributed by atoms with van der Waals surface area (Å²) in [4.78, 5) is 34.2. The number of amides is 2. The summed E-state index contributed by atoms with van der Waals surface area (Å²) in [6.07, 6.45) is 2.53. The van der Waals surface area contributed by atoms with Crippen LogP contribution in [0.2, 0.25) is 0 Å². The van der Waals surface area contributed by atoms with E-state index in [1.165, 1.54) is 0 Å². The average Bonchev–Trinajstić information content (AvgIpc) is 3.36. The predicted molar refractivity (Wildman–Crippen MR) is 118 cm³/mol. The number of benzene rings is 2. The second-order valence-electron chi connectivity index (χ2n) is 6.81. The summed E-state index contributed by atoms with van der Waals surface area (Å²) >= 11 is 0. The zero-order valence-corrected chi connectivity index (χ0v) is 17.3. The van der Waals surface area contributed by atoms with Crippen LogP contribution in [0.15, 0.2) is 48.8 Å². The highest BCUT2D eigenvalue weighted by atomic mass is 35.5. The van der Waals surface area contributed by atoms with Crippen LogP contribution < -0.4 is 11.1 Å². The Morgan fingerprint density at radius 3 is 2.76 bits per heavy atom. The van der Waals surface area contributed by atoms with Gasteiger partial charge in [-0.15, -0.1) is 24.8 Å². The van der Waals surface area contributed by atoms with Crippen molar-refractivity contribution >= 4 is 53.3 Å². The minimum Gasteiger partial charge on any atom is -0.345 e. The van der Waals surface area contributed by atoms with Gasteiger partial charge in [-0.2, -0.15) is 0 Å². The van der Waals surface area contributed by atoms with Crippen molar-refractivity contribution in [1.82, 2.24) is 14.9 Å². The molecule has 1 atom stereocenters. The number of nitrogens with one attached hydrogen (secondary N) is 2. The van der Waals surface area contributed by atoms with Gasteiger partial charge in [-0.05, 0) is 55.3 Å². The van der Waals surface area contributed by atoms with Gasteiger partial charge in [0.25, 0.3) is 11.8 Å². The number of carbonyl (C=O) groups is 2. The second kappa shape index (κ2) is 9.73. The van der Waals surface area contributed by atoms with Gasteiger partial charge < -0.3 is 20.9 Å². The number of aromatic amines is 1. The number of aromatic nitrogens is 2. The molecule has 4 rings (SSSR count). The molecular weight excluding hydrogens is 413 g/mol. The Morgan fingerprint density at radius 1 is 1.17 bits per heavy atom. The number of halogens is 2. The Labute approximate surface area is 180 Å². The van der Waals surface area contributed by atoms with Crippen molar-refractivity contribution in [3.8, 4) is 0 Å². The lowest BCUT2D eigenvalue weighted by Crippen LogP contribution is -2.29. The third kappa shape index (κ3) is 4.87. The maximum Gasteiger partial charge on any atom is 0.255 e. The van der Waals surface area contributed by atoms with Crippen LogP contribution in [0.4, 0.5) is 5.69 Å². The summed E-state index contributed by atoms with van der Waals surface area (Å²) in [5.74, 6) is 0.107. The number of nitrogens with two attached hydrogens (primary N) is 1. The van der Waals surface area contributed by atoms with E-state index in [-0.39, 0.29) is 36.6 Å². The number of likely N-dealkylation sites (tertiary alicyclic amines) is 1. The van der Waals surface area contributed by atoms with Gasteiger partial charge in [-0.3, -0.25) is 9.59 Å². The second-order valence-corrected chi connectivity index (χ2v) is 6.81. The average molecular weight is 436 g/mol. The van der Waals surface area contributed by atoms with Crippen molar-refractivity contribution in [2.45, 2.75) is 6.42 Å². The lowest BCUT2D eigenvalue weighted by molar-refractivity contribution is 0.0787. The van der Waals surface area contributed by atoms with Crippen LogP contribution in [0.25, 0.3) is 11.0 Å². The molecule has 4 N–H and O–H groups in total. The molecule has 2 aromatic carbocycles. The highest BCUT2D eigenvalue weighted by molar-refractivity contribution is 6.06. The highest BCUT2D eigenvalue weighted by Gasteiger charge is 2.26. The van der Waals surface area contributed by atoms with Gasteiger partial charge in [0.15, 0.2) is 0 Å². The van der Waals surface area contributed by atoms with Crippen LogP contribution >= 0.6 is 24.8 Å². The molecule has 0 spiro atoms. The topological polar surface area (TPSA) is 104 Å². The first-order chi connectivity index (χ1) is 13.1. The standard InChI is InChI=1S/C20H21N5O2.2ClH/c21-10-13-6-7-25(11-13)20(27)15-2-1-3-16(8-15)24-19(26)14-4-5-17-18(9-14)23-12-22-17;;/h1-5,8-9,12-13H,6-7,10-11,21H2,(H,22,23)(H,24,26);2*1H. The third-order valence-electron chi connectivity index (χ3n) is 4.96. The van der Waals surface area contributed by atoms with Crippen LogP contribution in [0, 0.1) is 5.92 Å². The quantitative estimate of drug-likeness (QED) is 0.585. The fraction of sp³-hybridized carbons (Fsp3) is 0.250. The van der Waals surface area contributed by atoms with Crippen molar-refractivity contribution in [2.75, 3.05) is 25.0 Å². The lowest BCUT2D eigenvalue weighted by atomic mass is 10.1. The minimum absolute atomic E-state index is 0. The maximum atomic E-state index is 12.7. The summed E-state index contributed by atoms with van der Waals surface area (Å²) in [6, 6.07) is 12.3. The summed E-state index contributed by atoms with van der Waals surface area (Å²) in [5.41, 5.74) is 8.99. The monoisotopic (exact) mass is 435 g/mol. The molecule has 2 heterocycles. The lowest BCUT2D eigenvalue weighted by Gasteiger charge is -2.17. The summed E-state index contributed by atoms with van der Waals surface area (Å²) in [7, 11) is 0. The van der Waals surface area contributed by atoms with E-state index >= 15 is 0 Å². The molecule has 1 saturated heterocycles. The van der Waals surface area contributed by atoms with Crippen LogP contribution in [-0.4, -0.2) is 46.3 Å². The SMILES string of the molecule is Cl.Cl.NCC1CCN(C(=O)c2cccc(NC(=O)c3ccc4nc[nH]c4c3)c2)C1. The van der Waals surface area contributed by atoms with Crippen LogP contribution in [0.3, 0.4) is 0 Å². The number of imidazole rings is 1. The Kier molecular flexibility index (Phi) is 7.61. The van der Waals surface area contributed by atoms with Crippen LogP contribution in [0.1, 0.15) is 27.1 Å². The largest absolute Gasteiger partial charge is 0.345 e. The van der Waals surface area contributed by atoms with Gasteiger partial charge in [-0.25, -0.2) is 4.98 Å². The van der Waals surface area contributed by atoms with E-state index in [0.717, 1.165) is 24.0 Å². The molecule has 0 radical (unpaired) electrons. The van der Waals surface area contributed by atoms with E-state index in [2.05, 4.69) is 15.3 Å². The first-order valence-corrected chi connectivity index (χ1v) is 8.98. The normalized spacial score (nSPS) is 15.5. The van der Waals surface area contributed by atoms with E-state index in [1.807, 2.05) is 4.90 Å². The Balaban J connectivity index is 0.00000150. The maximum absolute atomic E-state index is 12.7. The summed E-state index contributed by atoms with van der Waals surface area (Å²) in [6.45, 7) is 2.01. The van der Waals surface area contributed by atoms with Gasteiger partial charge in [0.2, 0.25) is 0 Å². The molecule has 1 unspecified atom stereocenters. The van der Waals surface area contributed by atoms with Crippen LogP contribution in [0.5, 0.6) is 0 Å². The van der Waals surface area contributed by atoms with E-state index < -0.39 is 0 Å². The number of anilines is 1. The number of carbonyl (C=O) groups excluding carboxylic acids is 2. The molecule has 1 aliphatic rings. The third-order valence-corrected chi connectivity index (χ3v) is 4.96. The first kappa shape index (κ1) is 22.7. The van der Waals surface area contributed by atoms with Gasteiger partial charge >= 0.3 is 0 Å². The van der Waals surface area contributed by atoms with E-state index in [0.29, 0.717) is 35.8 Å². The molecule has 3 aromatic rings. The van der Waals surface area contributed by atoms with Gasteiger partial charge in [0, 0.05) is 29.9 Å². The zero-order valence-electron chi connectivity index (χ0n) is 15.6. The zero-order chi connectivity index (χ0) is 18.8. The van der Waals surface area contributed by atoms with Gasteiger partial charge in [0.1, 0.15) is 0 Å². The highest BCUT2D eigenvalue weighted by Crippen LogP contribution is 2.20. The predicted octanol–water partition coefficient (Wildman–Crippen LogP) is 3.08. The smallest absolute Gasteiger partial charge is 0.255 e. The number of nitrogens with zero attached hydrogens (tertiary/aromatic N) is 2. The molecule has 29 heavy (non-hydrogen) atoms. The number of hydrogen-bond donors (Lipinski definition) is 3. The summed E-state index contributed by atoms with van der Waals surface area (Å²) in [5, 5.41) is 2.86. The number of hydrogen-bond acceptors (Lipinski definition) is 4. The molecule has 0 bridgehead atoms. The van der Waals surface area contributed by atoms with E-state index in [4.69, 9.17) is 5.73 Å². The van der Waals surface area contributed by atoms with Crippen molar-refractivity contribution < 1.29 is 9.59 Å². The fourth-order valence-corrected chi connectivity index (χ4v) is 3.40. The molecule has 0 aliphatic carbocycles. The molecule has 9 heteroatoms. The summed E-state index contributed by atoms with van der Waals surface area (Å²) < 4.78 is 0. The molecular formula is C20H23Cl2N5O2.